The van der Waals surface area contributed by atoms with E-state index in [9.17, 15) is 4.79 Å². The smallest absolute Gasteiger partial charge is 0.272 e. The molecule has 1 amide bonds. The maximum Gasteiger partial charge on any atom is 0.272 e. The van der Waals surface area contributed by atoms with Crippen molar-refractivity contribution in [3.05, 3.63) is 59.5 Å². The fraction of sp³-hybridized carbons (Fsp3) is 0.176. The van der Waals surface area contributed by atoms with Crippen LogP contribution < -0.4 is 15.4 Å². The molecule has 0 saturated carbocycles. The number of benzene rings is 1. The Morgan fingerprint density at radius 1 is 1.16 bits per heavy atom. The van der Waals surface area contributed by atoms with Gasteiger partial charge in [0.2, 0.25) is 0 Å². The lowest BCUT2D eigenvalue weighted by Gasteiger charge is -2.09. The first-order valence-electron chi connectivity index (χ1n) is 7.60. The molecule has 3 rings (SSSR count). The third-order valence-electron chi connectivity index (χ3n) is 3.41. The summed E-state index contributed by atoms with van der Waals surface area (Å²) in [5.74, 6) is 2.08. The normalized spacial score (nSPS) is 10.3. The van der Waals surface area contributed by atoms with Crippen molar-refractivity contribution in [1.29, 1.82) is 0 Å². The number of hydrogen-bond donors (Lipinski definition) is 2. The van der Waals surface area contributed by atoms with Crippen LogP contribution in [0.25, 0.3) is 0 Å². The highest BCUT2D eigenvalue weighted by molar-refractivity contribution is 5.92. The summed E-state index contributed by atoms with van der Waals surface area (Å²) >= 11 is 0. The van der Waals surface area contributed by atoms with E-state index in [4.69, 9.17) is 9.26 Å². The SMILES string of the molecule is COc1ccccc1CNC(=O)c1ccc(Nc2cc(C)on2)nn1. The van der Waals surface area contributed by atoms with E-state index in [0.717, 1.165) is 11.3 Å². The van der Waals surface area contributed by atoms with Crippen LogP contribution in [-0.4, -0.2) is 28.4 Å². The van der Waals surface area contributed by atoms with Gasteiger partial charge in [0.15, 0.2) is 17.3 Å². The fourth-order valence-corrected chi connectivity index (χ4v) is 2.19. The third-order valence-corrected chi connectivity index (χ3v) is 3.41. The molecule has 25 heavy (non-hydrogen) atoms. The topological polar surface area (TPSA) is 102 Å². The largest absolute Gasteiger partial charge is 0.496 e. The van der Waals surface area contributed by atoms with Crippen molar-refractivity contribution in [1.82, 2.24) is 20.7 Å². The molecule has 8 nitrogen and oxygen atoms in total. The molecule has 0 unspecified atom stereocenters. The number of nitrogens with zero attached hydrogens (tertiary/aromatic N) is 3. The van der Waals surface area contributed by atoms with Crippen molar-refractivity contribution in [2.75, 3.05) is 12.4 Å². The van der Waals surface area contributed by atoms with Gasteiger partial charge in [-0.1, -0.05) is 23.4 Å². The van der Waals surface area contributed by atoms with E-state index >= 15 is 0 Å². The maximum atomic E-state index is 12.2. The van der Waals surface area contributed by atoms with Crippen molar-refractivity contribution in [3.63, 3.8) is 0 Å². The van der Waals surface area contributed by atoms with E-state index in [2.05, 4.69) is 26.0 Å². The van der Waals surface area contributed by atoms with Gasteiger partial charge < -0.3 is 19.9 Å². The van der Waals surface area contributed by atoms with Crippen LogP contribution >= 0.6 is 0 Å². The summed E-state index contributed by atoms with van der Waals surface area (Å²) in [4.78, 5) is 12.2. The van der Waals surface area contributed by atoms with Crippen LogP contribution in [0.3, 0.4) is 0 Å². The average Bonchev–Trinajstić information content (AvgIpc) is 3.05. The zero-order valence-electron chi connectivity index (χ0n) is 13.8. The summed E-state index contributed by atoms with van der Waals surface area (Å²) in [6, 6.07) is 12.4. The summed E-state index contributed by atoms with van der Waals surface area (Å²) in [6.45, 7) is 2.13. The van der Waals surface area contributed by atoms with Crippen LogP contribution in [0.2, 0.25) is 0 Å². The number of methoxy groups -OCH3 is 1. The molecule has 0 aliphatic carbocycles. The molecule has 0 aliphatic heterocycles. The Labute approximate surface area is 144 Å². The standard InChI is InChI=1S/C17H17N5O3/c1-11-9-16(22-25-11)19-15-8-7-13(20-21-15)17(23)18-10-12-5-3-4-6-14(12)24-2/h3-9H,10H2,1-2H3,(H,18,23)(H,19,21,22). The molecule has 0 saturated heterocycles. The van der Waals surface area contributed by atoms with Gasteiger partial charge in [0.05, 0.1) is 7.11 Å². The van der Waals surface area contributed by atoms with Gasteiger partial charge in [0.1, 0.15) is 11.5 Å². The highest BCUT2D eigenvalue weighted by Gasteiger charge is 2.10. The predicted molar refractivity (Wildman–Crippen MR) is 90.7 cm³/mol. The molecule has 0 bridgehead atoms. The summed E-state index contributed by atoms with van der Waals surface area (Å²) < 4.78 is 10.2. The number of nitrogens with one attached hydrogen (secondary N) is 2. The van der Waals surface area contributed by atoms with Crippen molar-refractivity contribution in [3.8, 4) is 5.75 Å². The predicted octanol–water partition coefficient (Wildman–Crippen LogP) is 2.46. The molecule has 2 heterocycles. The van der Waals surface area contributed by atoms with Gasteiger partial charge in [0.25, 0.3) is 5.91 Å². The van der Waals surface area contributed by atoms with Gasteiger partial charge in [-0.15, -0.1) is 10.2 Å². The van der Waals surface area contributed by atoms with Gasteiger partial charge in [-0.2, -0.15) is 0 Å². The van der Waals surface area contributed by atoms with Crippen LogP contribution in [-0.2, 0) is 6.54 Å². The first kappa shape index (κ1) is 16.4. The van der Waals surface area contributed by atoms with Crippen LogP contribution in [0.1, 0.15) is 21.8 Å². The second kappa shape index (κ2) is 7.43. The van der Waals surface area contributed by atoms with Gasteiger partial charge in [0, 0.05) is 18.2 Å². The number of aryl methyl sites for hydroxylation is 1. The lowest BCUT2D eigenvalue weighted by Crippen LogP contribution is -2.24. The van der Waals surface area contributed by atoms with E-state index < -0.39 is 0 Å². The molecule has 0 radical (unpaired) electrons. The van der Waals surface area contributed by atoms with Crippen molar-refractivity contribution >= 4 is 17.5 Å². The molecule has 0 aliphatic rings. The molecule has 3 aromatic rings. The Kier molecular flexibility index (Phi) is 4.89. The second-order valence-electron chi connectivity index (χ2n) is 5.25. The number of ether oxygens (including phenoxy) is 1. The Bertz CT molecular complexity index is 861. The number of carbonyl (C=O) groups is 1. The second-order valence-corrected chi connectivity index (χ2v) is 5.25. The zero-order chi connectivity index (χ0) is 17.6. The van der Waals surface area contributed by atoms with Gasteiger partial charge in [-0.3, -0.25) is 4.79 Å². The highest BCUT2D eigenvalue weighted by Crippen LogP contribution is 2.17. The molecule has 8 heteroatoms. The summed E-state index contributed by atoms with van der Waals surface area (Å²) in [5.41, 5.74) is 1.10. The number of aromatic nitrogens is 3. The van der Waals surface area contributed by atoms with Crippen LogP contribution in [0.4, 0.5) is 11.6 Å². The monoisotopic (exact) mass is 339 g/mol. The fourth-order valence-electron chi connectivity index (χ4n) is 2.19. The summed E-state index contributed by atoms with van der Waals surface area (Å²) in [7, 11) is 1.59. The zero-order valence-corrected chi connectivity index (χ0v) is 13.8. The van der Waals surface area contributed by atoms with Crippen molar-refractivity contribution in [2.45, 2.75) is 13.5 Å². The molecular formula is C17H17N5O3. The Morgan fingerprint density at radius 2 is 2.00 bits per heavy atom. The first-order chi connectivity index (χ1) is 12.2. The molecule has 0 atom stereocenters. The number of anilines is 2. The van der Waals surface area contributed by atoms with Crippen molar-refractivity contribution in [2.24, 2.45) is 0 Å². The summed E-state index contributed by atoms with van der Waals surface area (Å²) in [6.07, 6.45) is 0. The Morgan fingerprint density at radius 3 is 2.68 bits per heavy atom. The van der Waals surface area contributed by atoms with E-state index in [1.165, 1.54) is 0 Å². The average molecular weight is 339 g/mol. The Hall–Kier alpha value is -3.42. The molecule has 0 fully saturated rings. The van der Waals surface area contributed by atoms with E-state index in [1.807, 2.05) is 24.3 Å². The molecule has 1 aromatic carbocycles. The van der Waals surface area contributed by atoms with Gasteiger partial charge >= 0.3 is 0 Å². The minimum absolute atomic E-state index is 0.219. The van der Waals surface area contributed by atoms with Crippen LogP contribution in [0.5, 0.6) is 5.75 Å². The lowest BCUT2D eigenvalue weighted by atomic mass is 10.2. The lowest BCUT2D eigenvalue weighted by molar-refractivity contribution is 0.0944. The molecular weight excluding hydrogens is 322 g/mol. The van der Waals surface area contributed by atoms with E-state index in [0.29, 0.717) is 23.9 Å². The number of para-hydroxylation sites is 1. The highest BCUT2D eigenvalue weighted by atomic mass is 16.5. The quantitative estimate of drug-likeness (QED) is 0.711. The van der Waals surface area contributed by atoms with E-state index in [-0.39, 0.29) is 11.6 Å². The minimum Gasteiger partial charge on any atom is -0.496 e. The van der Waals surface area contributed by atoms with Crippen LogP contribution in [0.15, 0.2) is 47.0 Å². The van der Waals surface area contributed by atoms with Gasteiger partial charge in [-0.05, 0) is 25.1 Å². The van der Waals surface area contributed by atoms with E-state index in [1.54, 1.807) is 32.2 Å². The summed E-state index contributed by atoms with van der Waals surface area (Å²) in [5, 5.41) is 17.4. The molecule has 0 spiro atoms. The minimum atomic E-state index is -0.317. The number of rotatable bonds is 6. The van der Waals surface area contributed by atoms with Crippen molar-refractivity contribution < 1.29 is 14.1 Å². The third kappa shape index (κ3) is 4.11. The number of hydrogen-bond acceptors (Lipinski definition) is 7. The first-order valence-corrected chi connectivity index (χ1v) is 7.60. The maximum absolute atomic E-state index is 12.2. The van der Waals surface area contributed by atoms with Crippen LogP contribution in [0, 0.1) is 6.92 Å². The number of carbonyl (C=O) groups excluding carboxylic acids is 1. The molecule has 2 aromatic heterocycles. The molecule has 2 N–H and O–H groups in total. The van der Waals surface area contributed by atoms with Gasteiger partial charge in [-0.25, -0.2) is 0 Å². The number of amides is 1. The molecule has 128 valence electrons. The Balaban J connectivity index is 1.60.